The number of piperazine rings is 1. The molecule has 0 amide bonds. The molecule has 9 nitrogen and oxygen atoms in total. The fourth-order valence-electron chi connectivity index (χ4n) is 4.60. The van der Waals surface area contributed by atoms with Gasteiger partial charge in [0.2, 0.25) is 16.0 Å². The summed E-state index contributed by atoms with van der Waals surface area (Å²) in [5, 5.41) is 14.0. The highest BCUT2D eigenvalue weighted by Gasteiger charge is 2.33. The minimum Gasteiger partial charge on any atom is -0.504 e. The zero-order valence-corrected chi connectivity index (χ0v) is 21.5. The molecule has 1 atom stereocenters. The van der Waals surface area contributed by atoms with E-state index < -0.39 is 38.0 Å². The highest BCUT2D eigenvalue weighted by atomic mass is 35.5. The Labute approximate surface area is 217 Å². The number of sulfonamides is 1. The van der Waals surface area contributed by atoms with E-state index in [1.807, 2.05) is 35.2 Å². The largest absolute Gasteiger partial charge is 0.504 e. The van der Waals surface area contributed by atoms with E-state index in [0.717, 1.165) is 11.6 Å². The highest BCUT2D eigenvalue weighted by Crippen LogP contribution is 2.38. The molecule has 1 aliphatic rings. The zero-order chi connectivity index (χ0) is 26.5. The van der Waals surface area contributed by atoms with Crippen molar-refractivity contribution in [3.05, 3.63) is 64.8 Å². The predicted octanol–water partition coefficient (Wildman–Crippen LogP) is 3.36. The smallest absolute Gasteiger partial charge is 0.227 e. The Morgan fingerprint density at radius 3 is 2.62 bits per heavy atom. The number of phenols is 1. The van der Waals surface area contributed by atoms with Crippen LogP contribution < -0.4 is 4.90 Å². The van der Waals surface area contributed by atoms with Crippen LogP contribution in [0, 0.1) is 11.6 Å². The molecule has 0 saturated carbocycles. The van der Waals surface area contributed by atoms with Gasteiger partial charge in [-0.1, -0.05) is 41.9 Å². The third-order valence-corrected chi connectivity index (χ3v) is 7.99. The molecule has 194 valence electrons. The fraction of sp³-hybridized carbons (Fsp3) is 0.292. The van der Waals surface area contributed by atoms with Gasteiger partial charge in [0.05, 0.1) is 22.2 Å². The van der Waals surface area contributed by atoms with Gasteiger partial charge in [0.25, 0.3) is 0 Å². The Morgan fingerprint density at radius 1 is 1.19 bits per heavy atom. The van der Waals surface area contributed by atoms with Crippen molar-refractivity contribution >= 4 is 38.6 Å². The van der Waals surface area contributed by atoms with Crippen molar-refractivity contribution in [3.63, 3.8) is 0 Å². The number of anilines is 1. The minimum absolute atomic E-state index is 0.0752. The lowest BCUT2D eigenvalue weighted by Crippen LogP contribution is -2.56. The van der Waals surface area contributed by atoms with Gasteiger partial charge >= 0.3 is 0 Å². The predicted molar refractivity (Wildman–Crippen MR) is 136 cm³/mol. The van der Waals surface area contributed by atoms with E-state index in [0.29, 0.717) is 24.6 Å². The monoisotopic (exact) mass is 548 g/mol. The van der Waals surface area contributed by atoms with Gasteiger partial charge in [-0.2, -0.15) is 14.4 Å². The average molecular weight is 549 g/mol. The van der Waals surface area contributed by atoms with Crippen LogP contribution in [0.1, 0.15) is 5.56 Å². The first-order valence-corrected chi connectivity index (χ1v) is 13.6. The zero-order valence-electron chi connectivity index (χ0n) is 19.9. The standard InChI is InChI=1S/C24H23ClF2N6O3S/c1-31-23-16(21(30-31)19-18(26)11-17(25)22(34)20(19)27)12-28-24(29-23)33-9-8-32(37(2,35)36)13-15(33)10-14-6-4-3-5-7-14/h3-7,11-12,15,34H,8-10,13H2,1-2H3/t15-/m1/s1. The second kappa shape index (κ2) is 9.51. The third kappa shape index (κ3) is 4.72. The summed E-state index contributed by atoms with van der Waals surface area (Å²) in [6.45, 7) is 0.879. The number of nitrogens with zero attached hydrogens (tertiary/aromatic N) is 6. The summed E-state index contributed by atoms with van der Waals surface area (Å²) in [5.74, 6) is -2.74. The van der Waals surface area contributed by atoms with Crippen LogP contribution in [-0.2, 0) is 23.5 Å². The van der Waals surface area contributed by atoms with E-state index in [1.165, 1.54) is 21.4 Å². The second-order valence-corrected chi connectivity index (χ2v) is 11.3. The van der Waals surface area contributed by atoms with Crippen molar-refractivity contribution in [1.29, 1.82) is 0 Å². The summed E-state index contributed by atoms with van der Waals surface area (Å²) in [7, 11) is -1.81. The number of rotatable bonds is 5. The van der Waals surface area contributed by atoms with Crippen LogP contribution in [0.25, 0.3) is 22.3 Å². The van der Waals surface area contributed by atoms with E-state index >= 15 is 0 Å². The van der Waals surface area contributed by atoms with Gasteiger partial charge in [-0.3, -0.25) is 0 Å². The molecule has 2 aromatic carbocycles. The quantitative estimate of drug-likeness (QED) is 0.408. The van der Waals surface area contributed by atoms with Crippen LogP contribution in [0.2, 0.25) is 5.02 Å². The average Bonchev–Trinajstić information content (AvgIpc) is 3.18. The van der Waals surface area contributed by atoms with Crippen molar-refractivity contribution in [2.24, 2.45) is 7.05 Å². The fourth-order valence-corrected chi connectivity index (χ4v) is 5.64. The maximum Gasteiger partial charge on any atom is 0.227 e. The Kier molecular flexibility index (Phi) is 6.50. The summed E-state index contributed by atoms with van der Waals surface area (Å²) in [5.41, 5.74) is 0.740. The van der Waals surface area contributed by atoms with Crippen molar-refractivity contribution in [1.82, 2.24) is 24.1 Å². The Balaban J connectivity index is 1.56. The number of aryl methyl sites for hydroxylation is 1. The topological polar surface area (TPSA) is 104 Å². The van der Waals surface area contributed by atoms with Gasteiger partial charge in [0.15, 0.2) is 17.2 Å². The lowest BCUT2D eigenvalue weighted by Gasteiger charge is -2.40. The second-order valence-electron chi connectivity index (χ2n) is 8.92. The SMILES string of the molecule is Cn1nc(-c2c(F)cc(Cl)c(O)c2F)c2cnc(N3CCN(S(C)(=O)=O)C[C@H]3Cc3ccccc3)nc21. The molecular formula is C24H23ClF2N6O3S. The van der Waals surface area contributed by atoms with Gasteiger partial charge in [0, 0.05) is 38.9 Å². The van der Waals surface area contributed by atoms with Crippen LogP contribution in [0.3, 0.4) is 0 Å². The number of hydrogen-bond donors (Lipinski definition) is 1. The van der Waals surface area contributed by atoms with Crippen LogP contribution in [0.15, 0.2) is 42.6 Å². The number of aromatic hydroxyl groups is 1. The Morgan fingerprint density at radius 2 is 1.92 bits per heavy atom. The van der Waals surface area contributed by atoms with Crippen molar-refractivity contribution in [2.75, 3.05) is 30.8 Å². The first kappa shape index (κ1) is 25.3. The van der Waals surface area contributed by atoms with Gasteiger partial charge in [-0.15, -0.1) is 0 Å². The van der Waals surface area contributed by atoms with Crippen LogP contribution in [-0.4, -0.2) is 69.5 Å². The maximum atomic E-state index is 14.8. The van der Waals surface area contributed by atoms with Crippen LogP contribution in [0.4, 0.5) is 14.7 Å². The molecule has 3 heterocycles. The highest BCUT2D eigenvalue weighted by molar-refractivity contribution is 7.88. The molecular weight excluding hydrogens is 526 g/mol. The third-order valence-electron chi connectivity index (χ3n) is 6.44. The Hall–Kier alpha value is -3.35. The first-order valence-electron chi connectivity index (χ1n) is 11.4. The first-order chi connectivity index (χ1) is 17.5. The van der Waals surface area contributed by atoms with Crippen molar-refractivity contribution in [2.45, 2.75) is 12.5 Å². The van der Waals surface area contributed by atoms with E-state index in [4.69, 9.17) is 11.6 Å². The molecule has 5 rings (SSSR count). The van der Waals surface area contributed by atoms with Gasteiger partial charge in [-0.05, 0) is 18.1 Å². The number of benzene rings is 2. The van der Waals surface area contributed by atoms with E-state index in [-0.39, 0.29) is 30.2 Å². The normalized spacial score (nSPS) is 17.0. The molecule has 1 fully saturated rings. The van der Waals surface area contributed by atoms with Crippen LogP contribution in [0.5, 0.6) is 5.75 Å². The van der Waals surface area contributed by atoms with Crippen molar-refractivity contribution in [3.8, 4) is 17.0 Å². The number of halogens is 3. The van der Waals surface area contributed by atoms with Gasteiger partial charge in [-0.25, -0.2) is 26.9 Å². The molecule has 2 aromatic heterocycles. The number of phenolic OH excluding ortho intramolecular Hbond substituents is 1. The van der Waals surface area contributed by atoms with E-state index in [1.54, 1.807) is 7.05 Å². The minimum atomic E-state index is -3.39. The summed E-state index contributed by atoms with van der Waals surface area (Å²) in [4.78, 5) is 11.0. The number of aromatic nitrogens is 4. The van der Waals surface area contributed by atoms with Gasteiger partial charge < -0.3 is 10.0 Å². The molecule has 0 bridgehead atoms. The summed E-state index contributed by atoms with van der Waals surface area (Å²) in [6.07, 6.45) is 3.17. The Bertz CT molecular complexity index is 1600. The summed E-state index contributed by atoms with van der Waals surface area (Å²) >= 11 is 5.69. The molecule has 0 aliphatic carbocycles. The molecule has 1 saturated heterocycles. The van der Waals surface area contributed by atoms with E-state index in [9.17, 15) is 22.3 Å². The molecule has 0 unspecified atom stereocenters. The lowest BCUT2D eigenvalue weighted by molar-refractivity contribution is 0.330. The molecule has 37 heavy (non-hydrogen) atoms. The van der Waals surface area contributed by atoms with Crippen LogP contribution >= 0.6 is 11.6 Å². The molecule has 4 aromatic rings. The summed E-state index contributed by atoms with van der Waals surface area (Å²) in [6, 6.07) is 10.3. The van der Waals surface area contributed by atoms with E-state index in [2.05, 4.69) is 15.1 Å². The molecule has 1 aliphatic heterocycles. The molecule has 0 spiro atoms. The molecule has 13 heteroatoms. The van der Waals surface area contributed by atoms with Crippen molar-refractivity contribution < 1.29 is 22.3 Å². The maximum absolute atomic E-state index is 14.8. The van der Waals surface area contributed by atoms with Gasteiger partial charge in [0.1, 0.15) is 11.5 Å². The molecule has 1 N–H and O–H groups in total. The lowest BCUT2D eigenvalue weighted by atomic mass is 10.0. The number of fused-ring (bicyclic) bond motifs is 1. The summed E-state index contributed by atoms with van der Waals surface area (Å²) < 4.78 is 56.8. The molecule has 0 radical (unpaired) electrons. The number of hydrogen-bond acceptors (Lipinski definition) is 7.